The molecule has 1 aromatic rings. The average Bonchev–Trinajstić information content (AvgIpc) is 2.81. The van der Waals surface area contributed by atoms with Crippen LogP contribution in [0, 0.1) is 5.92 Å². The van der Waals surface area contributed by atoms with Crippen molar-refractivity contribution in [1.82, 2.24) is 15.1 Å². The fourth-order valence-corrected chi connectivity index (χ4v) is 5.25. The van der Waals surface area contributed by atoms with Crippen LogP contribution in [0.25, 0.3) is 0 Å². The monoisotopic (exact) mass is 425 g/mol. The molecule has 2 amide bonds. The van der Waals surface area contributed by atoms with E-state index in [9.17, 15) is 14.4 Å². The summed E-state index contributed by atoms with van der Waals surface area (Å²) in [6.07, 6.45) is 9.47. The highest BCUT2D eigenvalue weighted by molar-refractivity contribution is 5.98. The number of carbonyl (C=O) groups excluding carboxylic acids is 3. The fraction of sp³-hybridized carbons (Fsp3) is 0.640. The van der Waals surface area contributed by atoms with Crippen molar-refractivity contribution in [2.24, 2.45) is 5.92 Å². The van der Waals surface area contributed by atoms with E-state index in [1.54, 1.807) is 29.2 Å². The molecule has 2 heterocycles. The largest absolute Gasteiger partial charge is 0.349 e. The van der Waals surface area contributed by atoms with Crippen molar-refractivity contribution in [3.05, 3.63) is 35.4 Å². The van der Waals surface area contributed by atoms with Crippen LogP contribution in [-0.4, -0.2) is 66.2 Å². The first kappa shape index (κ1) is 22.0. The van der Waals surface area contributed by atoms with Crippen LogP contribution in [0.15, 0.2) is 24.3 Å². The second-order valence-electron chi connectivity index (χ2n) is 9.39. The number of hydrogen-bond acceptors (Lipinski definition) is 4. The lowest BCUT2D eigenvalue weighted by Crippen LogP contribution is -2.47. The quantitative estimate of drug-likeness (QED) is 0.786. The topological polar surface area (TPSA) is 69.7 Å². The van der Waals surface area contributed by atoms with Gasteiger partial charge in [-0.1, -0.05) is 19.3 Å². The van der Waals surface area contributed by atoms with E-state index in [-0.39, 0.29) is 23.6 Å². The smallest absolute Gasteiger partial charge is 0.253 e. The minimum atomic E-state index is -0.0617. The van der Waals surface area contributed by atoms with Gasteiger partial charge in [0.05, 0.1) is 0 Å². The maximum atomic E-state index is 12.9. The third-order valence-corrected chi connectivity index (χ3v) is 7.17. The zero-order valence-corrected chi connectivity index (χ0v) is 18.5. The first-order valence-corrected chi connectivity index (χ1v) is 12.0. The third kappa shape index (κ3) is 5.73. The summed E-state index contributed by atoms with van der Waals surface area (Å²) < 4.78 is 0. The number of carbonyl (C=O) groups is 3. The molecule has 6 nitrogen and oxygen atoms in total. The maximum absolute atomic E-state index is 12.9. The zero-order valence-electron chi connectivity index (χ0n) is 18.5. The van der Waals surface area contributed by atoms with Gasteiger partial charge in [0, 0.05) is 49.6 Å². The molecule has 3 fully saturated rings. The van der Waals surface area contributed by atoms with Gasteiger partial charge in [-0.15, -0.1) is 0 Å². The molecule has 31 heavy (non-hydrogen) atoms. The molecule has 4 rings (SSSR count). The molecule has 168 valence electrons. The van der Waals surface area contributed by atoms with Crippen LogP contribution in [0.3, 0.4) is 0 Å². The number of Topliss-reactive ketones (excluding diaryl/α,β-unsaturated/α-hetero) is 1. The minimum absolute atomic E-state index is 0.0434. The van der Waals surface area contributed by atoms with Gasteiger partial charge < -0.3 is 15.1 Å². The SMILES string of the molecule is O=C1CCN(C(=O)c2ccc(C(=O)NC3CCCC[C@H]3CN3CCCCC3)cc2)CC1. The van der Waals surface area contributed by atoms with Crippen molar-refractivity contribution < 1.29 is 14.4 Å². The van der Waals surface area contributed by atoms with Crippen LogP contribution >= 0.6 is 0 Å². The van der Waals surface area contributed by atoms with Gasteiger partial charge in [0.25, 0.3) is 11.8 Å². The van der Waals surface area contributed by atoms with Crippen molar-refractivity contribution in [2.45, 2.75) is 63.8 Å². The van der Waals surface area contributed by atoms with Crippen LogP contribution in [-0.2, 0) is 4.79 Å². The molecule has 0 radical (unpaired) electrons. The lowest BCUT2D eigenvalue weighted by atomic mass is 9.83. The number of amides is 2. The van der Waals surface area contributed by atoms with Gasteiger partial charge in [-0.2, -0.15) is 0 Å². The minimum Gasteiger partial charge on any atom is -0.349 e. The normalized spacial score (nSPS) is 25.3. The molecule has 0 spiro atoms. The van der Waals surface area contributed by atoms with Crippen molar-refractivity contribution in [3.63, 3.8) is 0 Å². The maximum Gasteiger partial charge on any atom is 0.253 e. The summed E-state index contributed by atoms with van der Waals surface area (Å²) in [5, 5.41) is 3.29. The Morgan fingerprint density at radius 1 is 0.839 bits per heavy atom. The van der Waals surface area contributed by atoms with Crippen LogP contribution < -0.4 is 5.32 Å². The number of likely N-dealkylation sites (tertiary alicyclic amines) is 2. The van der Waals surface area contributed by atoms with Crippen LogP contribution in [0.2, 0.25) is 0 Å². The number of piperidine rings is 2. The predicted molar refractivity (Wildman–Crippen MR) is 120 cm³/mol. The highest BCUT2D eigenvalue weighted by atomic mass is 16.2. The van der Waals surface area contributed by atoms with Crippen LogP contribution in [0.5, 0.6) is 0 Å². The highest BCUT2D eigenvalue weighted by Crippen LogP contribution is 2.27. The van der Waals surface area contributed by atoms with Gasteiger partial charge in [0.15, 0.2) is 0 Å². The molecule has 2 atom stereocenters. The Morgan fingerprint density at radius 2 is 1.48 bits per heavy atom. The van der Waals surface area contributed by atoms with Gasteiger partial charge in [0.1, 0.15) is 5.78 Å². The van der Waals surface area contributed by atoms with E-state index in [1.165, 1.54) is 51.6 Å². The molecule has 1 aromatic carbocycles. The number of rotatable bonds is 5. The summed E-state index contributed by atoms with van der Waals surface area (Å²) in [5.41, 5.74) is 1.18. The molecule has 1 saturated carbocycles. The van der Waals surface area contributed by atoms with Crippen molar-refractivity contribution in [2.75, 3.05) is 32.7 Å². The van der Waals surface area contributed by atoms with Crippen molar-refractivity contribution in [1.29, 1.82) is 0 Å². The number of nitrogens with zero attached hydrogens (tertiary/aromatic N) is 2. The van der Waals surface area contributed by atoms with Gasteiger partial charge >= 0.3 is 0 Å². The van der Waals surface area contributed by atoms with E-state index < -0.39 is 0 Å². The number of nitrogens with one attached hydrogen (secondary N) is 1. The molecule has 6 heteroatoms. The first-order chi connectivity index (χ1) is 15.1. The Bertz CT molecular complexity index is 776. The highest BCUT2D eigenvalue weighted by Gasteiger charge is 2.29. The Morgan fingerprint density at radius 3 is 2.19 bits per heavy atom. The molecular formula is C25H35N3O3. The van der Waals surface area contributed by atoms with E-state index in [1.807, 2.05) is 0 Å². The Balaban J connectivity index is 1.33. The van der Waals surface area contributed by atoms with E-state index in [0.29, 0.717) is 43.0 Å². The van der Waals surface area contributed by atoms with Crippen molar-refractivity contribution >= 4 is 17.6 Å². The van der Waals surface area contributed by atoms with Crippen LogP contribution in [0.4, 0.5) is 0 Å². The van der Waals surface area contributed by atoms with E-state index >= 15 is 0 Å². The Kier molecular flexibility index (Phi) is 7.38. The fourth-order valence-electron chi connectivity index (χ4n) is 5.25. The summed E-state index contributed by atoms with van der Waals surface area (Å²) in [5.74, 6) is 0.641. The zero-order chi connectivity index (χ0) is 21.6. The second kappa shape index (κ2) is 10.4. The summed E-state index contributed by atoms with van der Waals surface area (Å²) in [4.78, 5) is 41.3. The summed E-state index contributed by atoms with van der Waals surface area (Å²) >= 11 is 0. The number of ketones is 1. The average molecular weight is 426 g/mol. The molecule has 1 N–H and O–H groups in total. The first-order valence-electron chi connectivity index (χ1n) is 12.0. The Hall–Kier alpha value is -2.21. The van der Waals surface area contributed by atoms with Crippen molar-refractivity contribution in [3.8, 4) is 0 Å². The van der Waals surface area contributed by atoms with Crippen LogP contribution in [0.1, 0.15) is 78.5 Å². The van der Waals surface area contributed by atoms with Gasteiger partial charge in [-0.3, -0.25) is 14.4 Å². The lowest BCUT2D eigenvalue weighted by Gasteiger charge is -2.37. The molecule has 3 aliphatic rings. The summed E-state index contributed by atoms with van der Waals surface area (Å²) in [7, 11) is 0. The third-order valence-electron chi connectivity index (χ3n) is 7.17. The van der Waals surface area contributed by atoms with Gasteiger partial charge in [-0.25, -0.2) is 0 Å². The molecular weight excluding hydrogens is 390 g/mol. The lowest BCUT2D eigenvalue weighted by molar-refractivity contribution is -0.120. The Labute approximate surface area is 185 Å². The number of hydrogen-bond donors (Lipinski definition) is 1. The van der Waals surface area contributed by atoms with Gasteiger partial charge in [-0.05, 0) is 69.0 Å². The van der Waals surface area contributed by atoms with Gasteiger partial charge in [0.2, 0.25) is 0 Å². The second-order valence-corrected chi connectivity index (χ2v) is 9.39. The molecule has 2 saturated heterocycles. The molecule has 2 aliphatic heterocycles. The summed E-state index contributed by atoms with van der Waals surface area (Å²) in [6, 6.07) is 7.20. The number of benzene rings is 1. The van der Waals surface area contributed by atoms with E-state index in [0.717, 1.165) is 13.0 Å². The molecule has 0 aromatic heterocycles. The predicted octanol–water partition coefficient (Wildman–Crippen LogP) is 3.27. The van der Waals surface area contributed by atoms with E-state index in [4.69, 9.17) is 0 Å². The standard InChI is InChI=1S/C25H35N3O3/c29-22-12-16-28(17-13-22)25(31)20-10-8-19(9-11-20)24(30)26-23-7-3-2-6-21(23)18-27-14-4-1-5-15-27/h8-11,21,23H,1-7,12-18H2,(H,26,30)/t21-,23?/m0/s1. The molecule has 1 unspecified atom stereocenters. The molecule has 0 bridgehead atoms. The summed E-state index contributed by atoms with van der Waals surface area (Å²) in [6.45, 7) is 4.45. The molecule has 1 aliphatic carbocycles. The van der Waals surface area contributed by atoms with E-state index in [2.05, 4.69) is 10.2 Å².